The van der Waals surface area contributed by atoms with Crippen molar-refractivity contribution in [1.29, 1.82) is 0 Å². The second-order valence-corrected chi connectivity index (χ2v) is 33.8. The van der Waals surface area contributed by atoms with Gasteiger partial charge in [0.2, 0.25) is 0 Å². The topological polar surface area (TPSA) is 111 Å². The third-order valence-electron chi connectivity index (χ3n) is 5.82. The van der Waals surface area contributed by atoms with Crippen LogP contribution in [0.25, 0.3) is 0 Å². The van der Waals surface area contributed by atoms with Crippen LogP contribution in [0.5, 0.6) is 0 Å². The predicted octanol–water partition coefficient (Wildman–Crippen LogP) is 2.36. The first kappa shape index (κ1) is 24.9. The molecule has 32 heavy (non-hydrogen) atoms. The van der Waals surface area contributed by atoms with E-state index >= 15 is 0 Å². The van der Waals surface area contributed by atoms with Gasteiger partial charge in [-0.05, 0) is 0 Å². The summed E-state index contributed by atoms with van der Waals surface area (Å²) in [4.78, 5) is 0. The molecule has 6 aliphatic rings. The average molecular weight is 593 g/mol. The minimum absolute atomic E-state index is 0.456. The first-order valence-corrected chi connectivity index (χ1v) is 27.8. The number of rotatable bonds is 4. The summed E-state index contributed by atoms with van der Waals surface area (Å²) in [6, 6.07) is 1.82. The van der Waals surface area contributed by atoms with Crippen molar-refractivity contribution in [2.75, 3.05) is 0 Å². The van der Waals surface area contributed by atoms with E-state index in [1.165, 1.54) is 0 Å². The van der Waals surface area contributed by atoms with Crippen LogP contribution >= 0.6 is 0 Å². The first-order valence-electron chi connectivity index (χ1n) is 11.1. The third-order valence-corrected chi connectivity index (χ3v) is 42.0. The minimum Gasteiger partial charge on any atom is -0.374 e. The van der Waals surface area contributed by atoms with Crippen molar-refractivity contribution in [2.24, 2.45) is 0 Å². The van der Waals surface area contributed by atoms with E-state index in [2.05, 4.69) is 0 Å². The molecule has 0 radical (unpaired) electrons. The highest BCUT2D eigenvalue weighted by Gasteiger charge is 2.80. The van der Waals surface area contributed by atoms with E-state index in [0.29, 0.717) is 24.2 Å². The molecule has 0 unspecified atom stereocenters. The summed E-state index contributed by atoms with van der Waals surface area (Å²) in [5, 5.41) is 0. The zero-order valence-corrected chi connectivity index (χ0v) is 27.7. The van der Waals surface area contributed by atoms with Crippen LogP contribution < -0.4 is 0 Å². The number of hydrogen-bond acceptors (Lipinski definition) is 12. The average Bonchev–Trinajstić information content (AvgIpc) is 2.60. The smallest absolute Gasteiger partial charge is 0.374 e. The van der Waals surface area contributed by atoms with Gasteiger partial charge in [-0.3, -0.25) is 0 Å². The van der Waals surface area contributed by atoms with Gasteiger partial charge in [0.15, 0.2) is 0 Å². The molecule has 6 aliphatic heterocycles. The molecule has 0 aromatic carbocycles. The van der Waals surface area contributed by atoms with Crippen LogP contribution in [0.15, 0.2) is 0 Å². The summed E-state index contributed by atoms with van der Waals surface area (Å²) < 4.78 is 80.4. The standard InChI is InChI=1S/C12H32O12Si8/c1-9-29-17-25(5)13-26(6)15-28(8)16-27(7,14-25)19-31(11-3,22-29)24-32(12-4,20-28)23-30(10-2,18-26)21-29/h9-12H2,1-8H3. The van der Waals surface area contributed by atoms with E-state index < -0.39 is 70.4 Å². The lowest BCUT2D eigenvalue weighted by Gasteiger charge is -2.61. The van der Waals surface area contributed by atoms with Gasteiger partial charge in [-0.25, -0.2) is 0 Å². The summed E-state index contributed by atoms with van der Waals surface area (Å²) in [5.41, 5.74) is 0. The molecular formula is C12H32O12Si8. The van der Waals surface area contributed by atoms with Crippen LogP contribution in [0.4, 0.5) is 0 Å². The van der Waals surface area contributed by atoms with Crippen molar-refractivity contribution in [3.63, 3.8) is 0 Å². The maximum absolute atomic E-state index is 6.82. The van der Waals surface area contributed by atoms with Gasteiger partial charge in [-0.1, -0.05) is 27.7 Å². The Morgan fingerprint density at radius 3 is 0.656 bits per heavy atom. The highest BCUT2D eigenvalue weighted by Crippen LogP contribution is 2.50. The molecule has 0 atom stereocenters. The lowest BCUT2D eigenvalue weighted by Crippen LogP contribution is -2.87. The van der Waals surface area contributed by atoms with Crippen LogP contribution in [0.2, 0.25) is 50.4 Å². The Kier molecular flexibility index (Phi) is 5.76. The summed E-state index contributed by atoms with van der Waals surface area (Å²) in [6.07, 6.45) is 0. The van der Waals surface area contributed by atoms with Crippen LogP contribution in [-0.2, 0) is 49.4 Å². The van der Waals surface area contributed by atoms with Crippen molar-refractivity contribution in [3.8, 4) is 0 Å². The van der Waals surface area contributed by atoms with Gasteiger partial charge in [0.25, 0.3) is 0 Å². The van der Waals surface area contributed by atoms with Crippen molar-refractivity contribution in [1.82, 2.24) is 0 Å². The SMILES string of the molecule is CC[Si]12O[Si]3(C)O[Si]4(C)O[Si]5(C)O[Si](C)(O3)O[Si](CC)(O1)O[Si](CC)(O5)O[Si](CC)(O4)O2. The Morgan fingerprint density at radius 2 is 0.500 bits per heavy atom. The van der Waals surface area contributed by atoms with Crippen LogP contribution in [-0.4, -0.2) is 70.4 Å². The molecule has 6 heterocycles. The van der Waals surface area contributed by atoms with E-state index in [1.54, 1.807) is 26.2 Å². The van der Waals surface area contributed by atoms with E-state index in [-0.39, 0.29) is 0 Å². The van der Waals surface area contributed by atoms with Gasteiger partial charge in [0.1, 0.15) is 0 Å². The van der Waals surface area contributed by atoms with Gasteiger partial charge < -0.3 is 49.4 Å². The molecule has 6 fully saturated rings. The Hall–Kier alpha value is 1.26. The molecule has 6 rings (SSSR count). The lowest BCUT2D eigenvalue weighted by atomic mass is 11.0. The molecule has 12 nitrogen and oxygen atoms in total. The van der Waals surface area contributed by atoms with Gasteiger partial charge in [0.05, 0.1) is 0 Å². The fraction of sp³-hybridized carbons (Fsp3) is 1.00. The highest BCUT2D eigenvalue weighted by molar-refractivity contribution is 7.02. The molecule has 0 aromatic rings. The summed E-state index contributed by atoms with van der Waals surface area (Å²) in [7, 11) is -27.7. The molecule has 0 N–H and O–H groups in total. The Labute approximate surface area is 197 Å². The molecule has 184 valence electrons. The zero-order chi connectivity index (χ0) is 23.3. The largest absolute Gasteiger partial charge is 0.478 e. The Bertz CT molecular complexity index is 658. The Morgan fingerprint density at radius 1 is 0.312 bits per heavy atom. The molecule has 0 aromatic heterocycles. The molecule has 0 saturated carbocycles. The third kappa shape index (κ3) is 3.94. The summed E-state index contributed by atoms with van der Waals surface area (Å²) in [5.74, 6) is 0. The maximum Gasteiger partial charge on any atom is 0.478 e. The normalized spacial score (nSPS) is 59.2. The van der Waals surface area contributed by atoms with Crippen molar-refractivity contribution >= 4 is 70.4 Å². The van der Waals surface area contributed by atoms with Crippen LogP contribution in [0.3, 0.4) is 0 Å². The van der Waals surface area contributed by atoms with Crippen molar-refractivity contribution in [3.05, 3.63) is 0 Å². The minimum atomic E-state index is -3.47. The Balaban J connectivity index is 1.82. The zero-order valence-electron chi connectivity index (χ0n) is 19.7. The highest BCUT2D eigenvalue weighted by atomic mass is 28.6. The molecule has 0 aliphatic carbocycles. The fourth-order valence-electron chi connectivity index (χ4n) is 4.79. The molecule has 8 bridgehead atoms. The van der Waals surface area contributed by atoms with Gasteiger partial charge in [-0.2, -0.15) is 0 Å². The lowest BCUT2D eigenvalue weighted by molar-refractivity contribution is -0.0231. The van der Waals surface area contributed by atoms with E-state index in [1.807, 2.05) is 27.7 Å². The van der Waals surface area contributed by atoms with E-state index in [0.717, 1.165) is 0 Å². The summed E-state index contributed by atoms with van der Waals surface area (Å²) in [6.45, 7) is 15.0. The molecule has 20 heteroatoms. The van der Waals surface area contributed by atoms with Gasteiger partial charge >= 0.3 is 70.4 Å². The van der Waals surface area contributed by atoms with Gasteiger partial charge in [-0.15, -0.1) is 0 Å². The van der Waals surface area contributed by atoms with Crippen LogP contribution in [0.1, 0.15) is 27.7 Å². The van der Waals surface area contributed by atoms with E-state index in [9.17, 15) is 0 Å². The molecule has 0 amide bonds. The molecule has 0 spiro atoms. The monoisotopic (exact) mass is 592 g/mol. The fourth-order valence-corrected chi connectivity index (χ4v) is 52.1. The second kappa shape index (κ2) is 7.40. The van der Waals surface area contributed by atoms with E-state index in [4.69, 9.17) is 49.4 Å². The quantitative estimate of drug-likeness (QED) is 0.447. The van der Waals surface area contributed by atoms with Crippen molar-refractivity contribution < 1.29 is 49.4 Å². The summed E-state index contributed by atoms with van der Waals surface area (Å²) >= 11 is 0. The number of hydrogen-bond donors (Lipinski definition) is 0. The van der Waals surface area contributed by atoms with Crippen molar-refractivity contribution in [2.45, 2.75) is 78.1 Å². The van der Waals surface area contributed by atoms with Crippen LogP contribution in [0, 0.1) is 0 Å². The van der Waals surface area contributed by atoms with Gasteiger partial charge in [0, 0.05) is 50.4 Å². The second-order valence-electron chi connectivity index (χ2n) is 8.82. The molecule has 6 saturated heterocycles. The predicted molar refractivity (Wildman–Crippen MR) is 124 cm³/mol. The maximum atomic E-state index is 6.82. The first-order chi connectivity index (χ1) is 14.7. The molecular weight excluding hydrogens is 561 g/mol.